The monoisotopic (exact) mass is 282 g/mol. The summed E-state index contributed by atoms with van der Waals surface area (Å²) in [6, 6.07) is 3.04. The fraction of sp³-hybridized carbons (Fsp3) is 0.333. The molecule has 0 radical (unpaired) electrons. The van der Waals surface area contributed by atoms with Crippen molar-refractivity contribution in [3.63, 3.8) is 0 Å². The number of carbonyl (C=O) groups is 2. The summed E-state index contributed by atoms with van der Waals surface area (Å²) in [6.45, 7) is 0. The smallest absolute Gasteiger partial charge is 0.345 e. The highest BCUT2D eigenvalue weighted by Crippen LogP contribution is 2.24. The Morgan fingerprint density at radius 3 is 2.50 bits per heavy atom. The number of nitro groups is 1. The Morgan fingerprint density at radius 2 is 2.00 bits per heavy atom. The van der Waals surface area contributed by atoms with Crippen LogP contribution in [0.4, 0.5) is 5.69 Å². The fourth-order valence-electron chi connectivity index (χ4n) is 1.72. The molecule has 1 unspecified atom stereocenters. The van der Waals surface area contributed by atoms with E-state index in [-0.39, 0.29) is 17.5 Å². The van der Waals surface area contributed by atoms with Gasteiger partial charge in [0.1, 0.15) is 11.6 Å². The minimum absolute atomic E-state index is 0.0706. The molecule has 0 spiro atoms. The lowest BCUT2D eigenvalue weighted by Gasteiger charge is -2.12. The van der Waals surface area contributed by atoms with Gasteiger partial charge in [0, 0.05) is 6.07 Å². The van der Waals surface area contributed by atoms with E-state index in [4.69, 9.17) is 5.73 Å². The number of hydrogen-bond acceptors (Lipinski definition) is 7. The summed E-state index contributed by atoms with van der Waals surface area (Å²) < 4.78 is 9.01. The molecule has 0 bridgehead atoms. The fourth-order valence-corrected chi connectivity index (χ4v) is 1.72. The van der Waals surface area contributed by atoms with Crippen molar-refractivity contribution in [3.8, 4) is 0 Å². The molecule has 0 aromatic heterocycles. The van der Waals surface area contributed by atoms with E-state index in [0.29, 0.717) is 0 Å². The lowest BCUT2D eigenvalue weighted by Crippen LogP contribution is -2.34. The summed E-state index contributed by atoms with van der Waals surface area (Å²) in [6.07, 6.45) is -0.0706. The Morgan fingerprint density at radius 1 is 1.35 bits per heavy atom. The van der Waals surface area contributed by atoms with Gasteiger partial charge in [0.05, 0.1) is 19.1 Å². The molecule has 0 aliphatic carbocycles. The molecule has 1 atom stereocenters. The van der Waals surface area contributed by atoms with Gasteiger partial charge in [0.15, 0.2) is 0 Å². The molecule has 0 aliphatic rings. The number of ether oxygens (including phenoxy) is 2. The highest BCUT2D eigenvalue weighted by atomic mass is 16.6. The third kappa shape index (κ3) is 3.29. The first-order valence-corrected chi connectivity index (χ1v) is 5.60. The summed E-state index contributed by atoms with van der Waals surface area (Å²) in [4.78, 5) is 33.2. The number of nitro benzene ring substituents is 1. The third-order valence-electron chi connectivity index (χ3n) is 2.66. The van der Waals surface area contributed by atoms with E-state index in [1.54, 1.807) is 0 Å². The standard InChI is InChI=1S/C12H14N2O6/c1-19-11(15)8(13)6-7-4-3-5-9(14(17)18)10(7)12(16)20-2/h3-5,8H,6,13H2,1-2H3. The maximum Gasteiger partial charge on any atom is 0.345 e. The molecule has 2 N–H and O–H groups in total. The normalized spacial score (nSPS) is 11.6. The summed E-state index contributed by atoms with van der Waals surface area (Å²) in [5, 5.41) is 10.9. The van der Waals surface area contributed by atoms with E-state index in [9.17, 15) is 19.7 Å². The van der Waals surface area contributed by atoms with E-state index in [1.165, 1.54) is 25.3 Å². The van der Waals surface area contributed by atoms with Crippen LogP contribution in [0, 0.1) is 10.1 Å². The topological polar surface area (TPSA) is 122 Å². The number of nitrogens with zero attached hydrogens (tertiary/aromatic N) is 1. The van der Waals surface area contributed by atoms with Gasteiger partial charge in [0.25, 0.3) is 5.69 Å². The first-order valence-electron chi connectivity index (χ1n) is 5.60. The van der Waals surface area contributed by atoms with Crippen molar-refractivity contribution in [1.29, 1.82) is 0 Å². The summed E-state index contributed by atoms with van der Waals surface area (Å²) in [5.41, 5.74) is 5.25. The average molecular weight is 282 g/mol. The SMILES string of the molecule is COC(=O)c1c(CC(N)C(=O)OC)cccc1[N+](=O)[O-]. The number of esters is 2. The summed E-state index contributed by atoms with van der Waals surface area (Å²) in [5.74, 6) is -1.53. The van der Waals surface area contributed by atoms with Gasteiger partial charge in [-0.25, -0.2) is 4.79 Å². The first-order chi connectivity index (χ1) is 9.42. The van der Waals surface area contributed by atoms with Crippen LogP contribution in [-0.2, 0) is 20.7 Å². The van der Waals surface area contributed by atoms with Crippen LogP contribution in [0.3, 0.4) is 0 Å². The Labute approximate surface area is 114 Å². The zero-order valence-electron chi connectivity index (χ0n) is 11.0. The molecule has 1 rings (SSSR count). The Kier molecular flexibility index (Phi) is 5.15. The molecular formula is C12H14N2O6. The van der Waals surface area contributed by atoms with Crippen LogP contribution in [0.5, 0.6) is 0 Å². The molecule has 0 fully saturated rings. The molecule has 0 heterocycles. The lowest BCUT2D eigenvalue weighted by molar-refractivity contribution is -0.385. The number of methoxy groups -OCH3 is 2. The van der Waals surface area contributed by atoms with Gasteiger partial charge in [-0.2, -0.15) is 0 Å². The third-order valence-corrected chi connectivity index (χ3v) is 2.66. The predicted octanol–water partition coefficient (Wildman–Crippen LogP) is 0.424. The number of benzene rings is 1. The van der Waals surface area contributed by atoms with Gasteiger partial charge in [-0.05, 0) is 12.0 Å². The Balaban J connectivity index is 3.25. The van der Waals surface area contributed by atoms with Crippen molar-refractivity contribution >= 4 is 17.6 Å². The molecule has 20 heavy (non-hydrogen) atoms. The molecule has 1 aromatic carbocycles. The zero-order valence-corrected chi connectivity index (χ0v) is 11.0. The number of carbonyl (C=O) groups excluding carboxylic acids is 2. The van der Waals surface area contributed by atoms with Gasteiger partial charge in [0.2, 0.25) is 0 Å². The van der Waals surface area contributed by atoms with Crippen LogP contribution < -0.4 is 5.73 Å². The molecule has 1 aromatic rings. The number of rotatable bonds is 5. The van der Waals surface area contributed by atoms with Gasteiger partial charge >= 0.3 is 11.9 Å². The van der Waals surface area contributed by atoms with Crippen LogP contribution in [0.1, 0.15) is 15.9 Å². The first kappa shape index (κ1) is 15.6. The van der Waals surface area contributed by atoms with E-state index < -0.39 is 28.6 Å². The van der Waals surface area contributed by atoms with Crippen molar-refractivity contribution < 1.29 is 24.0 Å². The van der Waals surface area contributed by atoms with Crippen LogP contribution in [0.15, 0.2) is 18.2 Å². The van der Waals surface area contributed by atoms with Crippen LogP contribution in [0.25, 0.3) is 0 Å². The molecule has 0 amide bonds. The van der Waals surface area contributed by atoms with Crippen LogP contribution in [-0.4, -0.2) is 37.1 Å². The molecule has 0 saturated heterocycles. The maximum absolute atomic E-state index is 11.7. The van der Waals surface area contributed by atoms with Crippen molar-refractivity contribution in [1.82, 2.24) is 0 Å². The lowest BCUT2D eigenvalue weighted by atomic mass is 9.99. The predicted molar refractivity (Wildman–Crippen MR) is 68.1 cm³/mol. The average Bonchev–Trinajstić information content (AvgIpc) is 2.45. The second kappa shape index (κ2) is 6.62. The van der Waals surface area contributed by atoms with Gasteiger partial charge in [-0.3, -0.25) is 14.9 Å². The minimum Gasteiger partial charge on any atom is -0.468 e. The molecule has 8 nitrogen and oxygen atoms in total. The molecule has 108 valence electrons. The van der Waals surface area contributed by atoms with E-state index >= 15 is 0 Å². The van der Waals surface area contributed by atoms with Gasteiger partial charge in [-0.15, -0.1) is 0 Å². The van der Waals surface area contributed by atoms with E-state index in [0.717, 1.165) is 7.11 Å². The van der Waals surface area contributed by atoms with Gasteiger partial charge in [-0.1, -0.05) is 12.1 Å². The second-order valence-electron chi connectivity index (χ2n) is 3.89. The quantitative estimate of drug-likeness (QED) is 0.472. The second-order valence-corrected chi connectivity index (χ2v) is 3.89. The van der Waals surface area contributed by atoms with Crippen molar-refractivity contribution in [2.75, 3.05) is 14.2 Å². The minimum atomic E-state index is -1.02. The molecule has 0 aliphatic heterocycles. The zero-order chi connectivity index (χ0) is 15.3. The number of nitrogens with two attached hydrogens (primary N) is 1. The number of hydrogen-bond donors (Lipinski definition) is 1. The van der Waals surface area contributed by atoms with Crippen LogP contribution in [0.2, 0.25) is 0 Å². The largest absolute Gasteiger partial charge is 0.468 e. The highest BCUT2D eigenvalue weighted by Gasteiger charge is 2.26. The molecule has 8 heteroatoms. The van der Waals surface area contributed by atoms with E-state index in [2.05, 4.69) is 9.47 Å². The van der Waals surface area contributed by atoms with Crippen molar-refractivity contribution in [2.24, 2.45) is 5.73 Å². The van der Waals surface area contributed by atoms with E-state index in [1.807, 2.05) is 0 Å². The van der Waals surface area contributed by atoms with Crippen molar-refractivity contribution in [3.05, 3.63) is 39.4 Å². The molecular weight excluding hydrogens is 268 g/mol. The van der Waals surface area contributed by atoms with Crippen molar-refractivity contribution in [2.45, 2.75) is 12.5 Å². The molecule has 0 saturated carbocycles. The van der Waals surface area contributed by atoms with Gasteiger partial charge < -0.3 is 15.2 Å². The Hall–Kier alpha value is -2.48. The highest BCUT2D eigenvalue weighted by molar-refractivity contribution is 5.95. The summed E-state index contributed by atoms with van der Waals surface area (Å²) >= 11 is 0. The van der Waals surface area contributed by atoms with Crippen LogP contribution >= 0.6 is 0 Å². The Bertz CT molecular complexity index is 543. The summed E-state index contributed by atoms with van der Waals surface area (Å²) in [7, 11) is 2.29. The maximum atomic E-state index is 11.7.